The van der Waals surface area contributed by atoms with Crippen molar-refractivity contribution in [2.24, 2.45) is 5.41 Å². The Morgan fingerprint density at radius 3 is 2.87 bits per heavy atom. The highest BCUT2D eigenvalue weighted by atomic mass is 16.5. The summed E-state index contributed by atoms with van der Waals surface area (Å²) >= 11 is 0. The number of aromatic nitrogens is 2. The van der Waals surface area contributed by atoms with Crippen molar-refractivity contribution >= 4 is 5.91 Å². The Morgan fingerprint density at radius 2 is 2.22 bits per heavy atom. The van der Waals surface area contributed by atoms with E-state index in [0.29, 0.717) is 24.5 Å². The lowest BCUT2D eigenvalue weighted by molar-refractivity contribution is -0.134. The van der Waals surface area contributed by atoms with Crippen LogP contribution in [0.4, 0.5) is 0 Å². The number of aromatic amines is 1. The van der Waals surface area contributed by atoms with Crippen molar-refractivity contribution in [1.29, 1.82) is 0 Å². The second kappa shape index (κ2) is 6.27. The predicted molar refractivity (Wildman–Crippen MR) is 89.3 cm³/mol. The Balaban J connectivity index is 1.63. The summed E-state index contributed by atoms with van der Waals surface area (Å²) in [5, 5.41) is 7.23. The summed E-state index contributed by atoms with van der Waals surface area (Å²) in [6.07, 6.45) is 6.06. The van der Waals surface area contributed by atoms with Crippen LogP contribution in [0.25, 0.3) is 0 Å². The van der Waals surface area contributed by atoms with Crippen molar-refractivity contribution in [3.8, 4) is 0 Å². The number of nitrogens with one attached hydrogen (secondary N) is 1. The van der Waals surface area contributed by atoms with Crippen LogP contribution in [-0.2, 0) is 16.0 Å². The number of likely N-dealkylation sites (tertiary alicyclic amines) is 1. The second-order valence-electron chi connectivity index (χ2n) is 7.56. The zero-order valence-electron chi connectivity index (χ0n) is 14.8. The number of hydrogen-bond acceptors (Lipinski definition) is 3. The first-order valence-corrected chi connectivity index (χ1v) is 8.77. The number of hydrogen-bond donors (Lipinski definition) is 1. The molecule has 2 heterocycles. The van der Waals surface area contributed by atoms with Gasteiger partial charge in [-0.15, -0.1) is 0 Å². The molecule has 1 amide bonds. The normalized spacial score (nSPS) is 30.5. The third kappa shape index (κ3) is 3.03. The maximum Gasteiger partial charge on any atom is 0.223 e. The molecular weight excluding hydrogens is 290 g/mol. The predicted octanol–water partition coefficient (Wildman–Crippen LogP) is 2.77. The Morgan fingerprint density at radius 1 is 1.43 bits per heavy atom. The molecule has 5 heteroatoms. The molecule has 1 aliphatic carbocycles. The maximum atomic E-state index is 12.8. The first kappa shape index (κ1) is 16.5. The molecule has 1 aromatic heterocycles. The Bertz CT molecular complexity index is 563. The molecule has 128 valence electrons. The molecule has 1 N–H and O–H groups in total. The standard InChI is InChI=1S/C18H29N3O2/c1-12-15(13(2)20-19-12)6-8-17(22)21-10-9-18(3)11-14(23-4)5-7-16(18)21/h14,16H,5-11H2,1-4H3,(H,19,20)/t14-,16-,18+/m1/s1. The molecule has 0 bridgehead atoms. The summed E-state index contributed by atoms with van der Waals surface area (Å²) in [6, 6.07) is 0.396. The number of carbonyl (C=O) groups is 1. The van der Waals surface area contributed by atoms with Crippen LogP contribution >= 0.6 is 0 Å². The fourth-order valence-corrected chi connectivity index (χ4v) is 4.60. The van der Waals surface area contributed by atoms with Crippen LogP contribution in [0.5, 0.6) is 0 Å². The van der Waals surface area contributed by atoms with E-state index in [1.807, 2.05) is 21.0 Å². The maximum absolute atomic E-state index is 12.8. The number of nitrogens with zero attached hydrogens (tertiary/aromatic N) is 2. The summed E-state index contributed by atoms with van der Waals surface area (Å²) in [5.74, 6) is 0.301. The molecule has 1 aliphatic heterocycles. The van der Waals surface area contributed by atoms with E-state index in [2.05, 4.69) is 22.0 Å². The van der Waals surface area contributed by atoms with Crippen molar-refractivity contribution < 1.29 is 9.53 Å². The van der Waals surface area contributed by atoms with Crippen LogP contribution < -0.4 is 0 Å². The average molecular weight is 319 g/mol. The summed E-state index contributed by atoms with van der Waals surface area (Å²) < 4.78 is 5.57. The van der Waals surface area contributed by atoms with Gasteiger partial charge >= 0.3 is 0 Å². The lowest BCUT2D eigenvalue weighted by Crippen LogP contribution is -2.46. The third-order valence-electron chi connectivity index (χ3n) is 6.08. The van der Waals surface area contributed by atoms with E-state index in [4.69, 9.17) is 4.74 Å². The Hall–Kier alpha value is -1.36. The van der Waals surface area contributed by atoms with Crippen LogP contribution in [0.3, 0.4) is 0 Å². The minimum atomic E-state index is 0.232. The van der Waals surface area contributed by atoms with Gasteiger partial charge in [0, 0.05) is 31.8 Å². The molecule has 1 saturated carbocycles. The number of amides is 1. The molecule has 5 nitrogen and oxygen atoms in total. The van der Waals surface area contributed by atoms with Gasteiger partial charge < -0.3 is 9.64 Å². The highest BCUT2D eigenvalue weighted by Gasteiger charge is 2.48. The molecular formula is C18H29N3O2. The minimum absolute atomic E-state index is 0.232. The number of aryl methyl sites for hydroxylation is 2. The van der Waals surface area contributed by atoms with Gasteiger partial charge in [0.1, 0.15) is 0 Å². The van der Waals surface area contributed by atoms with Crippen LogP contribution in [0, 0.1) is 19.3 Å². The molecule has 0 aromatic carbocycles. The number of ether oxygens (including phenoxy) is 1. The molecule has 2 aliphatic rings. The van der Waals surface area contributed by atoms with Crippen molar-refractivity contribution in [3.63, 3.8) is 0 Å². The molecule has 3 rings (SSSR count). The van der Waals surface area contributed by atoms with E-state index in [9.17, 15) is 4.79 Å². The van der Waals surface area contributed by atoms with Gasteiger partial charge in [-0.25, -0.2) is 0 Å². The molecule has 23 heavy (non-hydrogen) atoms. The van der Waals surface area contributed by atoms with E-state index in [-0.39, 0.29) is 5.41 Å². The van der Waals surface area contributed by atoms with Crippen molar-refractivity contribution in [2.45, 2.75) is 71.4 Å². The molecule has 1 aromatic rings. The number of methoxy groups -OCH3 is 1. The van der Waals surface area contributed by atoms with E-state index >= 15 is 0 Å². The second-order valence-corrected chi connectivity index (χ2v) is 7.56. The van der Waals surface area contributed by atoms with Gasteiger partial charge in [-0.3, -0.25) is 9.89 Å². The van der Waals surface area contributed by atoms with Gasteiger partial charge in [0.25, 0.3) is 0 Å². The van der Waals surface area contributed by atoms with Crippen molar-refractivity contribution in [3.05, 3.63) is 17.0 Å². The molecule has 1 saturated heterocycles. The number of rotatable bonds is 4. The molecule has 3 atom stereocenters. The van der Waals surface area contributed by atoms with Gasteiger partial charge in [-0.1, -0.05) is 6.92 Å². The van der Waals surface area contributed by atoms with Gasteiger partial charge in [0.2, 0.25) is 5.91 Å². The van der Waals surface area contributed by atoms with Gasteiger partial charge in [-0.05, 0) is 56.9 Å². The zero-order chi connectivity index (χ0) is 16.6. The quantitative estimate of drug-likeness (QED) is 0.928. The van der Waals surface area contributed by atoms with Crippen molar-refractivity contribution in [2.75, 3.05) is 13.7 Å². The first-order valence-electron chi connectivity index (χ1n) is 8.77. The van der Waals surface area contributed by atoms with E-state index < -0.39 is 0 Å². The number of carbonyl (C=O) groups excluding carboxylic acids is 1. The average Bonchev–Trinajstić information content (AvgIpc) is 3.04. The Labute approximate surface area is 138 Å². The zero-order valence-corrected chi connectivity index (χ0v) is 14.8. The topological polar surface area (TPSA) is 58.2 Å². The molecule has 2 fully saturated rings. The highest BCUT2D eigenvalue weighted by molar-refractivity contribution is 5.77. The van der Waals surface area contributed by atoms with E-state index in [1.54, 1.807) is 0 Å². The molecule has 0 unspecified atom stereocenters. The van der Waals surface area contributed by atoms with Crippen LogP contribution in [-0.4, -0.2) is 46.8 Å². The molecule has 0 spiro atoms. The summed E-state index contributed by atoms with van der Waals surface area (Å²) in [4.78, 5) is 14.9. The number of fused-ring (bicyclic) bond motifs is 1. The van der Waals surface area contributed by atoms with Crippen LogP contribution in [0.15, 0.2) is 0 Å². The fourth-order valence-electron chi connectivity index (χ4n) is 4.60. The Kier molecular flexibility index (Phi) is 4.50. The van der Waals surface area contributed by atoms with Crippen LogP contribution in [0.1, 0.15) is 56.0 Å². The number of H-pyrrole nitrogens is 1. The third-order valence-corrected chi connectivity index (χ3v) is 6.08. The SMILES string of the molecule is CO[C@@H]1CC[C@H]2N(C(=O)CCc3c(C)n[nH]c3C)CC[C@@]2(C)C1. The summed E-state index contributed by atoms with van der Waals surface area (Å²) in [7, 11) is 1.81. The summed E-state index contributed by atoms with van der Waals surface area (Å²) in [5.41, 5.74) is 3.53. The van der Waals surface area contributed by atoms with Crippen LogP contribution in [0.2, 0.25) is 0 Å². The van der Waals surface area contributed by atoms with Gasteiger partial charge in [-0.2, -0.15) is 5.10 Å². The van der Waals surface area contributed by atoms with Gasteiger partial charge in [0.05, 0.1) is 11.8 Å². The van der Waals surface area contributed by atoms with Crippen molar-refractivity contribution in [1.82, 2.24) is 15.1 Å². The highest BCUT2D eigenvalue weighted by Crippen LogP contribution is 2.47. The monoisotopic (exact) mass is 319 g/mol. The lowest BCUT2D eigenvalue weighted by atomic mass is 9.71. The minimum Gasteiger partial charge on any atom is -0.381 e. The fraction of sp³-hybridized carbons (Fsp3) is 0.778. The van der Waals surface area contributed by atoms with E-state index in [0.717, 1.165) is 50.0 Å². The van der Waals surface area contributed by atoms with E-state index in [1.165, 1.54) is 5.56 Å². The largest absolute Gasteiger partial charge is 0.381 e. The molecule has 0 radical (unpaired) electrons. The lowest BCUT2D eigenvalue weighted by Gasteiger charge is -2.42. The smallest absolute Gasteiger partial charge is 0.223 e. The summed E-state index contributed by atoms with van der Waals surface area (Å²) in [6.45, 7) is 7.27. The van der Waals surface area contributed by atoms with Gasteiger partial charge in [0.15, 0.2) is 0 Å². The first-order chi connectivity index (χ1) is 10.9.